The molecule has 6 rings (SSSR count). The Morgan fingerprint density at radius 1 is 0.967 bits per heavy atom. The van der Waals surface area contributed by atoms with Crippen LogP contribution in [0.15, 0.2) is 30.3 Å². The molecule has 3 amide bonds. The quantitative estimate of drug-likeness (QED) is 0.728. The van der Waals surface area contributed by atoms with Gasteiger partial charge in [-0.3, -0.25) is 14.4 Å². The molecule has 2 fully saturated rings. The minimum atomic E-state index is -0.914. The lowest BCUT2D eigenvalue weighted by molar-refractivity contribution is -0.128. The Morgan fingerprint density at radius 3 is 2.40 bits per heavy atom. The van der Waals surface area contributed by atoms with E-state index in [9.17, 15) is 18.8 Å². The molecule has 0 aromatic heterocycles. The summed E-state index contributed by atoms with van der Waals surface area (Å²) in [5, 5.41) is 0. The van der Waals surface area contributed by atoms with Gasteiger partial charge < -0.3 is 9.64 Å². The molecular weight excluding hydrogens is 394 g/mol. The SMILES string of the molecule is O=C1c2ccc(F)cc2C(=O)N1c1cc2c(cc1F)OC1(CC1)C(=O)N2CC1CC1. The van der Waals surface area contributed by atoms with Crippen molar-refractivity contribution in [3.05, 3.63) is 53.1 Å². The third-order valence-corrected chi connectivity index (χ3v) is 6.19. The summed E-state index contributed by atoms with van der Waals surface area (Å²) in [7, 11) is 0. The zero-order valence-electron chi connectivity index (χ0n) is 15.8. The number of carbonyl (C=O) groups excluding carboxylic acids is 3. The molecule has 0 atom stereocenters. The number of anilines is 2. The van der Waals surface area contributed by atoms with E-state index in [1.54, 1.807) is 4.90 Å². The standard InChI is InChI=1S/C22H16F2N2O4/c23-12-3-4-13-14(7-12)20(28)26(19(13)27)16-9-17-18(8-15(16)24)30-22(5-6-22)21(29)25(17)10-11-1-2-11/h3-4,7-9,11H,1-2,5-6,10H2. The first-order valence-corrected chi connectivity index (χ1v) is 9.91. The highest BCUT2D eigenvalue weighted by Gasteiger charge is 2.58. The molecule has 2 aromatic rings. The first-order chi connectivity index (χ1) is 14.4. The van der Waals surface area contributed by atoms with E-state index in [4.69, 9.17) is 4.74 Å². The van der Waals surface area contributed by atoms with Gasteiger partial charge in [-0.05, 0) is 43.0 Å². The number of halogens is 2. The fourth-order valence-corrected chi connectivity index (χ4v) is 4.21. The molecule has 152 valence electrons. The van der Waals surface area contributed by atoms with Gasteiger partial charge in [0.15, 0.2) is 11.4 Å². The predicted octanol–water partition coefficient (Wildman–Crippen LogP) is 3.43. The molecule has 6 nitrogen and oxygen atoms in total. The van der Waals surface area contributed by atoms with E-state index in [1.807, 2.05) is 0 Å². The lowest BCUT2D eigenvalue weighted by atomic mass is 10.1. The van der Waals surface area contributed by atoms with Crippen molar-refractivity contribution in [3.8, 4) is 5.75 Å². The van der Waals surface area contributed by atoms with Crippen LogP contribution in [0.2, 0.25) is 0 Å². The third kappa shape index (κ3) is 2.36. The van der Waals surface area contributed by atoms with Crippen molar-refractivity contribution in [2.45, 2.75) is 31.3 Å². The molecule has 1 spiro atoms. The van der Waals surface area contributed by atoms with Gasteiger partial charge in [-0.2, -0.15) is 0 Å². The number of benzene rings is 2. The topological polar surface area (TPSA) is 66.9 Å². The van der Waals surface area contributed by atoms with Crippen molar-refractivity contribution in [1.82, 2.24) is 0 Å². The molecule has 4 aliphatic rings. The Bertz CT molecular complexity index is 1170. The number of carbonyl (C=O) groups is 3. The molecule has 0 N–H and O–H groups in total. The van der Waals surface area contributed by atoms with E-state index in [1.165, 1.54) is 12.1 Å². The number of amides is 3. The monoisotopic (exact) mass is 410 g/mol. The number of ether oxygens (including phenoxy) is 1. The van der Waals surface area contributed by atoms with Crippen LogP contribution in [-0.4, -0.2) is 29.9 Å². The molecule has 0 radical (unpaired) electrons. The van der Waals surface area contributed by atoms with Gasteiger partial charge in [0, 0.05) is 25.5 Å². The summed E-state index contributed by atoms with van der Waals surface area (Å²) in [6, 6.07) is 5.70. The number of rotatable bonds is 3. The third-order valence-electron chi connectivity index (χ3n) is 6.19. The summed E-state index contributed by atoms with van der Waals surface area (Å²) in [5.74, 6) is -2.56. The Labute approximate surface area is 170 Å². The Kier molecular flexibility index (Phi) is 3.31. The second kappa shape index (κ2) is 5.65. The van der Waals surface area contributed by atoms with E-state index < -0.39 is 29.0 Å². The Hall–Kier alpha value is -3.29. The smallest absolute Gasteiger partial charge is 0.271 e. The average Bonchev–Trinajstić information content (AvgIpc) is 3.63. The van der Waals surface area contributed by atoms with Crippen LogP contribution in [0.1, 0.15) is 46.4 Å². The number of imide groups is 1. The molecule has 2 saturated carbocycles. The van der Waals surface area contributed by atoms with Gasteiger partial charge in [-0.15, -0.1) is 0 Å². The summed E-state index contributed by atoms with van der Waals surface area (Å²) < 4.78 is 34.5. The first-order valence-electron chi connectivity index (χ1n) is 9.91. The van der Waals surface area contributed by atoms with Gasteiger partial charge >= 0.3 is 0 Å². The van der Waals surface area contributed by atoms with E-state index in [0.29, 0.717) is 35.9 Å². The normalized spacial score (nSPS) is 21.1. The zero-order chi connectivity index (χ0) is 20.8. The van der Waals surface area contributed by atoms with Gasteiger partial charge in [0.25, 0.3) is 17.7 Å². The van der Waals surface area contributed by atoms with Crippen LogP contribution in [0.5, 0.6) is 5.75 Å². The van der Waals surface area contributed by atoms with E-state index in [-0.39, 0.29) is 28.5 Å². The first kappa shape index (κ1) is 17.6. The second-order valence-corrected chi connectivity index (χ2v) is 8.36. The Morgan fingerprint density at radius 2 is 1.70 bits per heavy atom. The molecule has 0 unspecified atom stereocenters. The Balaban J connectivity index is 1.46. The van der Waals surface area contributed by atoms with Crippen molar-refractivity contribution in [1.29, 1.82) is 0 Å². The van der Waals surface area contributed by atoms with Crippen molar-refractivity contribution in [2.24, 2.45) is 5.92 Å². The molecule has 2 aromatic carbocycles. The van der Waals surface area contributed by atoms with Gasteiger partial charge in [-0.1, -0.05) is 0 Å². The molecule has 0 bridgehead atoms. The van der Waals surface area contributed by atoms with Crippen molar-refractivity contribution >= 4 is 29.1 Å². The van der Waals surface area contributed by atoms with Crippen LogP contribution < -0.4 is 14.5 Å². The second-order valence-electron chi connectivity index (χ2n) is 8.36. The molecule has 8 heteroatoms. The lowest BCUT2D eigenvalue weighted by Crippen LogP contribution is -2.48. The molecular formula is C22H16F2N2O4. The predicted molar refractivity (Wildman–Crippen MR) is 102 cm³/mol. The van der Waals surface area contributed by atoms with E-state index in [2.05, 4.69) is 0 Å². The fourth-order valence-electron chi connectivity index (χ4n) is 4.21. The summed E-state index contributed by atoms with van der Waals surface area (Å²) >= 11 is 0. The molecule has 2 heterocycles. The molecule has 2 aliphatic carbocycles. The largest absolute Gasteiger partial charge is 0.475 e. The molecule has 0 saturated heterocycles. The van der Waals surface area contributed by atoms with Gasteiger partial charge in [0.1, 0.15) is 11.6 Å². The number of hydrogen-bond donors (Lipinski definition) is 0. The highest BCUT2D eigenvalue weighted by molar-refractivity contribution is 6.34. The van der Waals surface area contributed by atoms with Crippen LogP contribution in [0.4, 0.5) is 20.2 Å². The molecule has 30 heavy (non-hydrogen) atoms. The van der Waals surface area contributed by atoms with Gasteiger partial charge in [-0.25, -0.2) is 13.7 Å². The maximum Gasteiger partial charge on any atom is 0.271 e. The van der Waals surface area contributed by atoms with E-state index >= 15 is 4.39 Å². The maximum absolute atomic E-state index is 15.0. The number of fused-ring (bicyclic) bond motifs is 2. The minimum Gasteiger partial charge on any atom is -0.475 e. The fraction of sp³-hybridized carbons (Fsp3) is 0.318. The highest BCUT2D eigenvalue weighted by atomic mass is 19.1. The summed E-state index contributed by atoms with van der Waals surface area (Å²) in [4.78, 5) is 40.9. The van der Waals surface area contributed by atoms with Gasteiger partial charge in [0.2, 0.25) is 0 Å². The minimum absolute atomic E-state index is 0.0117. The average molecular weight is 410 g/mol. The van der Waals surface area contributed by atoms with E-state index in [0.717, 1.165) is 31.0 Å². The number of nitrogens with zero attached hydrogens (tertiary/aromatic N) is 2. The van der Waals surface area contributed by atoms with Crippen LogP contribution >= 0.6 is 0 Å². The van der Waals surface area contributed by atoms with Crippen LogP contribution in [-0.2, 0) is 4.79 Å². The van der Waals surface area contributed by atoms with Crippen molar-refractivity contribution in [3.63, 3.8) is 0 Å². The summed E-state index contributed by atoms with van der Waals surface area (Å²) in [6.45, 7) is 0.495. The van der Waals surface area contributed by atoms with Crippen molar-refractivity contribution in [2.75, 3.05) is 16.3 Å². The maximum atomic E-state index is 15.0. The van der Waals surface area contributed by atoms with Crippen LogP contribution in [0, 0.1) is 17.6 Å². The van der Waals surface area contributed by atoms with Gasteiger partial charge in [0.05, 0.1) is 22.5 Å². The highest BCUT2D eigenvalue weighted by Crippen LogP contribution is 2.51. The van der Waals surface area contributed by atoms with Crippen LogP contribution in [0.3, 0.4) is 0 Å². The van der Waals surface area contributed by atoms with Crippen molar-refractivity contribution < 1.29 is 27.9 Å². The van der Waals surface area contributed by atoms with Crippen LogP contribution in [0.25, 0.3) is 0 Å². The zero-order valence-corrected chi connectivity index (χ0v) is 15.8. The summed E-state index contributed by atoms with van der Waals surface area (Å²) in [5.41, 5.74) is -0.940. The molecule has 2 aliphatic heterocycles. The summed E-state index contributed by atoms with van der Waals surface area (Å²) in [6.07, 6.45) is 3.20. The lowest BCUT2D eigenvalue weighted by Gasteiger charge is -2.35. The number of hydrogen-bond acceptors (Lipinski definition) is 4.